The number of imide groups is 2. The van der Waals surface area contributed by atoms with Crippen molar-refractivity contribution in [2.45, 2.75) is 51.9 Å². The van der Waals surface area contributed by atoms with E-state index in [1.165, 1.54) is 17.9 Å². The third kappa shape index (κ3) is 4.44. The second-order valence-electron chi connectivity index (χ2n) is 9.85. The van der Waals surface area contributed by atoms with Gasteiger partial charge in [0.15, 0.2) is 22.1 Å². The first kappa shape index (κ1) is 26.7. The molecule has 5 amide bonds. The van der Waals surface area contributed by atoms with Gasteiger partial charge >= 0.3 is 6.03 Å². The van der Waals surface area contributed by atoms with Gasteiger partial charge in [-0.2, -0.15) is 0 Å². The normalized spacial score (nSPS) is 23.6. The molecule has 0 radical (unpaired) electrons. The van der Waals surface area contributed by atoms with Crippen molar-refractivity contribution < 1.29 is 37.5 Å². The topological polar surface area (TPSA) is 160 Å². The number of carbonyl (C=O) groups is 5. The lowest BCUT2D eigenvalue weighted by atomic mass is 9.66. The molecule has 206 valence electrons. The number of morpholine rings is 1. The van der Waals surface area contributed by atoms with E-state index in [4.69, 9.17) is 4.74 Å². The zero-order valence-electron chi connectivity index (χ0n) is 21.1. The van der Waals surface area contributed by atoms with Crippen LogP contribution in [0.1, 0.15) is 31.3 Å². The lowest BCUT2D eigenvalue weighted by molar-refractivity contribution is -0.153. The summed E-state index contributed by atoms with van der Waals surface area (Å²) in [5.74, 6) is -4.83. The summed E-state index contributed by atoms with van der Waals surface area (Å²) in [7, 11) is 0. The number of ketones is 1. The summed E-state index contributed by atoms with van der Waals surface area (Å²) in [6.45, 7) is 4.60. The van der Waals surface area contributed by atoms with Gasteiger partial charge in [-0.25, -0.2) is 13.6 Å². The second-order valence-corrected chi connectivity index (χ2v) is 10.9. The van der Waals surface area contributed by atoms with Gasteiger partial charge in [-0.1, -0.05) is 11.3 Å². The number of barbiturate groups is 1. The summed E-state index contributed by atoms with van der Waals surface area (Å²) in [6, 6.07) is -0.672. The number of nitrogens with one attached hydrogen (secondary N) is 3. The third-order valence-corrected chi connectivity index (χ3v) is 7.97. The molecular weight excluding hydrogens is 538 g/mol. The number of amides is 5. The third-order valence-electron chi connectivity index (χ3n) is 7.01. The maximum atomic E-state index is 15.8. The first-order chi connectivity index (χ1) is 18.4. The number of rotatable bonds is 5. The Bertz CT molecular complexity index is 1410. The molecule has 2 unspecified atom stereocenters. The Hall–Kier alpha value is -3.85. The highest BCUT2D eigenvalue weighted by Crippen LogP contribution is 2.49. The van der Waals surface area contributed by atoms with Crippen LogP contribution in [0.5, 0.6) is 0 Å². The van der Waals surface area contributed by atoms with E-state index < -0.39 is 59.1 Å². The summed E-state index contributed by atoms with van der Waals surface area (Å²) in [5.41, 5.74) is -2.05. The average Bonchev–Trinajstić information content (AvgIpc) is 3.30. The van der Waals surface area contributed by atoms with Crippen molar-refractivity contribution in [3.8, 4) is 10.6 Å². The number of halogens is 2. The summed E-state index contributed by atoms with van der Waals surface area (Å²) in [6.07, 6.45) is -1.73. The molecule has 0 saturated carbocycles. The highest BCUT2D eigenvalue weighted by atomic mass is 32.1. The number of hydrogen-bond acceptors (Lipinski definition) is 10. The number of hydrogen-bond donors (Lipinski definition) is 3. The maximum Gasteiger partial charge on any atom is 0.328 e. The molecule has 2 fully saturated rings. The molecule has 2 aromatic rings. The average molecular weight is 563 g/mol. The van der Waals surface area contributed by atoms with Crippen LogP contribution >= 0.6 is 11.3 Å². The molecule has 3 atom stereocenters. The van der Waals surface area contributed by atoms with Gasteiger partial charge in [0.2, 0.25) is 17.7 Å². The fourth-order valence-corrected chi connectivity index (χ4v) is 6.40. The van der Waals surface area contributed by atoms with Crippen molar-refractivity contribution in [2.24, 2.45) is 5.41 Å². The Labute approximate surface area is 224 Å². The van der Waals surface area contributed by atoms with Crippen LogP contribution in [0.15, 0.2) is 6.07 Å². The molecular formula is C24H24F2N6O6S. The number of benzene rings is 1. The predicted octanol–water partition coefficient (Wildman–Crippen LogP) is 0.622. The number of urea groups is 1. The van der Waals surface area contributed by atoms with Crippen molar-refractivity contribution in [3.63, 3.8) is 0 Å². The fraction of sp³-hybridized carbons (Fsp3) is 0.458. The Morgan fingerprint density at radius 2 is 1.87 bits per heavy atom. The SMILES string of the molecule is CC(=O)CNC(=O)Cc1nnc(-c2cc3c(c(F)c2F)N2CC(C)OC(C)[C@H]2C2(C3)C(=O)NC(=O)NC2=O)s1. The van der Waals surface area contributed by atoms with E-state index in [1.54, 1.807) is 13.8 Å². The van der Waals surface area contributed by atoms with Gasteiger partial charge in [0, 0.05) is 13.0 Å². The van der Waals surface area contributed by atoms with Crippen LogP contribution in [-0.2, 0) is 36.8 Å². The largest absolute Gasteiger partial charge is 0.372 e. The van der Waals surface area contributed by atoms with E-state index in [0.29, 0.717) is 0 Å². The molecule has 3 N–H and O–H groups in total. The van der Waals surface area contributed by atoms with Crippen molar-refractivity contribution >= 4 is 46.6 Å². The first-order valence-corrected chi connectivity index (χ1v) is 12.9. The molecule has 12 nitrogen and oxygen atoms in total. The van der Waals surface area contributed by atoms with E-state index in [9.17, 15) is 24.0 Å². The van der Waals surface area contributed by atoms with Crippen LogP contribution in [-0.4, -0.2) is 71.1 Å². The monoisotopic (exact) mass is 562 g/mol. The van der Waals surface area contributed by atoms with E-state index >= 15 is 8.78 Å². The van der Waals surface area contributed by atoms with Crippen molar-refractivity contribution in [2.75, 3.05) is 18.0 Å². The van der Waals surface area contributed by atoms with Crippen LogP contribution in [0.2, 0.25) is 0 Å². The molecule has 1 spiro atoms. The highest BCUT2D eigenvalue weighted by molar-refractivity contribution is 7.14. The van der Waals surface area contributed by atoms with Gasteiger partial charge in [0.05, 0.1) is 42.5 Å². The van der Waals surface area contributed by atoms with Crippen molar-refractivity contribution in [1.82, 2.24) is 26.1 Å². The van der Waals surface area contributed by atoms with Gasteiger partial charge in [0.1, 0.15) is 10.8 Å². The van der Waals surface area contributed by atoms with E-state index in [1.807, 2.05) is 0 Å². The number of carbonyl (C=O) groups excluding carboxylic acids is 5. The molecule has 4 heterocycles. The first-order valence-electron chi connectivity index (χ1n) is 12.1. The minimum Gasteiger partial charge on any atom is -0.372 e. The Balaban J connectivity index is 1.57. The number of ether oxygens (including phenoxy) is 1. The molecule has 2 saturated heterocycles. The summed E-state index contributed by atoms with van der Waals surface area (Å²) in [5, 5.41) is 14.7. The summed E-state index contributed by atoms with van der Waals surface area (Å²) >= 11 is 0.863. The smallest absolute Gasteiger partial charge is 0.328 e. The number of Topliss-reactive ketones (excluding diaryl/α,β-unsaturated/α-hetero) is 1. The van der Waals surface area contributed by atoms with Crippen LogP contribution in [0.25, 0.3) is 10.6 Å². The molecule has 0 bridgehead atoms. The van der Waals surface area contributed by atoms with E-state index in [2.05, 4.69) is 26.1 Å². The van der Waals surface area contributed by atoms with Gasteiger partial charge in [-0.3, -0.25) is 29.8 Å². The molecule has 3 aliphatic rings. The lowest BCUT2D eigenvalue weighted by Gasteiger charge is -2.55. The van der Waals surface area contributed by atoms with E-state index in [-0.39, 0.29) is 58.5 Å². The minimum atomic E-state index is -1.86. The van der Waals surface area contributed by atoms with Gasteiger partial charge in [0.25, 0.3) is 0 Å². The molecule has 3 aliphatic heterocycles. The fourth-order valence-electron chi connectivity index (χ4n) is 5.55. The molecule has 39 heavy (non-hydrogen) atoms. The number of aromatic nitrogens is 2. The van der Waals surface area contributed by atoms with Crippen molar-refractivity contribution in [3.05, 3.63) is 28.3 Å². The van der Waals surface area contributed by atoms with Crippen LogP contribution in [0.3, 0.4) is 0 Å². The second kappa shape index (κ2) is 9.72. The highest BCUT2D eigenvalue weighted by Gasteiger charge is 2.63. The number of fused-ring (bicyclic) bond motifs is 4. The summed E-state index contributed by atoms with van der Waals surface area (Å²) < 4.78 is 37.2. The van der Waals surface area contributed by atoms with Crippen LogP contribution in [0, 0.1) is 17.0 Å². The van der Waals surface area contributed by atoms with Crippen LogP contribution < -0.4 is 20.9 Å². The minimum absolute atomic E-state index is 0.0174. The molecule has 0 aliphatic carbocycles. The van der Waals surface area contributed by atoms with Gasteiger partial charge in [-0.05, 0) is 32.4 Å². The molecule has 1 aromatic carbocycles. The molecule has 15 heteroatoms. The van der Waals surface area contributed by atoms with Crippen LogP contribution in [0.4, 0.5) is 19.3 Å². The standard InChI is InChI=1S/C24H24F2N6O6S/c1-9(33)7-27-14(34)5-15-30-31-20(39-15)13-4-12-6-24(21(35)28-23(37)29-22(24)36)19-11(3)38-10(2)8-32(19)18(12)17(26)16(13)25/h4,10-11,19H,5-8H2,1-3H3,(H,27,34)(H2,28,29,35,36,37)/t10?,11?,19-/m0/s1. The van der Waals surface area contributed by atoms with E-state index in [0.717, 1.165) is 11.3 Å². The zero-order chi connectivity index (χ0) is 28.2. The van der Waals surface area contributed by atoms with Gasteiger partial charge in [-0.15, -0.1) is 10.2 Å². The summed E-state index contributed by atoms with van der Waals surface area (Å²) in [4.78, 5) is 63.0. The van der Waals surface area contributed by atoms with Gasteiger partial charge < -0.3 is 15.0 Å². The molecule has 1 aromatic heterocycles. The predicted molar refractivity (Wildman–Crippen MR) is 132 cm³/mol. The Morgan fingerprint density at radius 3 is 2.54 bits per heavy atom. The van der Waals surface area contributed by atoms with Crippen molar-refractivity contribution in [1.29, 1.82) is 0 Å². The zero-order valence-corrected chi connectivity index (χ0v) is 21.9. The number of nitrogens with zero attached hydrogens (tertiary/aromatic N) is 3. The Kier molecular flexibility index (Phi) is 6.66. The lowest BCUT2D eigenvalue weighted by Crippen LogP contribution is -2.75. The Morgan fingerprint density at radius 1 is 1.18 bits per heavy atom. The maximum absolute atomic E-state index is 15.8. The molecule has 5 rings (SSSR count). The quantitative estimate of drug-likeness (QED) is 0.444. The number of anilines is 1.